The number of fused-ring (bicyclic) bond motifs is 2. The zero-order valence-electron chi connectivity index (χ0n) is 18.1. The van der Waals surface area contributed by atoms with Crippen LogP contribution in [-0.2, 0) is 0 Å². The van der Waals surface area contributed by atoms with Crippen LogP contribution in [0.4, 0.5) is 5.82 Å². The number of nitrogens with two attached hydrogens (primary N) is 1. The summed E-state index contributed by atoms with van der Waals surface area (Å²) in [6, 6.07) is 16.5. The van der Waals surface area contributed by atoms with Crippen molar-refractivity contribution in [3.63, 3.8) is 0 Å². The van der Waals surface area contributed by atoms with Crippen molar-refractivity contribution >= 4 is 33.5 Å². The second-order valence-corrected chi connectivity index (χ2v) is 8.13. The number of carbonyl (C=O) groups is 1. The van der Waals surface area contributed by atoms with E-state index in [2.05, 4.69) is 25.0 Å². The summed E-state index contributed by atoms with van der Waals surface area (Å²) in [6.45, 7) is 1.89. The molecule has 0 amide bonds. The van der Waals surface area contributed by atoms with Crippen LogP contribution < -0.4 is 11.3 Å². The third-order valence-electron chi connectivity index (χ3n) is 5.86. The molecule has 0 spiro atoms. The molecule has 9 heteroatoms. The Labute approximate surface area is 192 Å². The van der Waals surface area contributed by atoms with E-state index < -0.39 is 0 Å². The molecule has 2 aromatic carbocycles. The molecule has 34 heavy (non-hydrogen) atoms. The number of nitrogen functional groups attached to an aromatic ring is 1. The van der Waals surface area contributed by atoms with Crippen LogP contribution in [0, 0.1) is 6.92 Å². The number of aryl methyl sites for hydroxylation is 1. The molecule has 0 unspecified atom stereocenters. The fourth-order valence-electron chi connectivity index (χ4n) is 4.17. The highest BCUT2D eigenvalue weighted by atomic mass is 16.1. The van der Waals surface area contributed by atoms with E-state index >= 15 is 0 Å². The second kappa shape index (κ2) is 7.31. The molecule has 6 rings (SSSR count). The minimum Gasteiger partial charge on any atom is -0.383 e. The molecular formula is C25H19N7O2. The van der Waals surface area contributed by atoms with Crippen molar-refractivity contribution in [2.45, 2.75) is 6.92 Å². The largest absolute Gasteiger partial charge is 0.383 e. The number of anilines is 1. The Morgan fingerprint density at radius 3 is 2.65 bits per heavy atom. The van der Waals surface area contributed by atoms with Crippen molar-refractivity contribution in [2.24, 2.45) is 0 Å². The number of imidazole rings is 1. The Hall–Kier alpha value is -4.92. The molecule has 5 N–H and O–H groups in total. The molecule has 0 aliphatic carbocycles. The van der Waals surface area contributed by atoms with Gasteiger partial charge in [0.15, 0.2) is 0 Å². The lowest BCUT2D eigenvalue weighted by molar-refractivity contribution is 0.103. The van der Waals surface area contributed by atoms with Gasteiger partial charge < -0.3 is 20.7 Å². The topological polar surface area (TPSA) is 138 Å². The number of H-pyrrole nitrogens is 3. The van der Waals surface area contributed by atoms with E-state index in [0.29, 0.717) is 11.3 Å². The summed E-state index contributed by atoms with van der Waals surface area (Å²) < 4.78 is 1.54. The summed E-state index contributed by atoms with van der Waals surface area (Å²) >= 11 is 0. The minimum absolute atomic E-state index is 0.155. The standard InChI is InChI=1S/C25H19N7O2/c1-13-29-20-6-4-17(10-21(20)30-13)32-25(26)18(12-28-32)24(34)22-9-16-8-14(2-5-19(16)31-22)15-3-7-23(33)27-11-15/h2-12,31H,26H2,1H3,(H,27,33)(H,29,30). The molecule has 4 heterocycles. The van der Waals surface area contributed by atoms with Gasteiger partial charge in [0, 0.05) is 23.2 Å². The number of carbonyl (C=O) groups excluding carboxylic acids is 1. The number of aromatic amines is 3. The Balaban J connectivity index is 1.35. The maximum atomic E-state index is 13.3. The SMILES string of the molecule is Cc1nc2ccc(-n3ncc(C(=O)c4cc5cc(-c6ccc(=O)[nH]c6)ccc5[nH]4)c3N)cc2[nH]1. The second-order valence-electron chi connectivity index (χ2n) is 8.13. The van der Waals surface area contributed by atoms with Crippen molar-refractivity contribution < 1.29 is 4.79 Å². The smallest absolute Gasteiger partial charge is 0.247 e. The van der Waals surface area contributed by atoms with Crippen LogP contribution in [0.25, 0.3) is 38.8 Å². The number of benzene rings is 2. The molecular weight excluding hydrogens is 430 g/mol. The highest BCUT2D eigenvalue weighted by Gasteiger charge is 2.20. The van der Waals surface area contributed by atoms with Crippen molar-refractivity contribution in [1.29, 1.82) is 0 Å². The number of hydrogen-bond donors (Lipinski definition) is 4. The van der Waals surface area contributed by atoms with Crippen molar-refractivity contribution in [1.82, 2.24) is 29.7 Å². The van der Waals surface area contributed by atoms with E-state index in [9.17, 15) is 9.59 Å². The average molecular weight is 449 g/mol. The number of aromatic nitrogens is 6. The summed E-state index contributed by atoms with van der Waals surface area (Å²) in [7, 11) is 0. The molecule has 0 bridgehead atoms. The quantitative estimate of drug-likeness (QED) is 0.304. The van der Waals surface area contributed by atoms with Gasteiger partial charge in [0.05, 0.1) is 34.2 Å². The van der Waals surface area contributed by atoms with Gasteiger partial charge in [0.1, 0.15) is 11.6 Å². The van der Waals surface area contributed by atoms with Gasteiger partial charge in [-0.05, 0) is 60.5 Å². The normalized spacial score (nSPS) is 11.4. The molecule has 0 aliphatic rings. The van der Waals surface area contributed by atoms with Crippen molar-refractivity contribution in [2.75, 3.05) is 5.73 Å². The van der Waals surface area contributed by atoms with Gasteiger partial charge in [-0.15, -0.1) is 0 Å². The van der Waals surface area contributed by atoms with Crippen molar-refractivity contribution in [3.8, 4) is 16.8 Å². The number of ketones is 1. The van der Waals surface area contributed by atoms with Crippen molar-refractivity contribution in [3.05, 3.63) is 94.4 Å². The number of rotatable bonds is 4. The van der Waals surface area contributed by atoms with E-state index in [4.69, 9.17) is 5.73 Å². The summed E-state index contributed by atoms with van der Waals surface area (Å²) in [5.74, 6) is 0.830. The summed E-state index contributed by atoms with van der Waals surface area (Å²) in [4.78, 5) is 38.1. The summed E-state index contributed by atoms with van der Waals surface area (Å²) in [6.07, 6.45) is 3.15. The maximum Gasteiger partial charge on any atom is 0.247 e. The third kappa shape index (κ3) is 3.18. The first kappa shape index (κ1) is 19.7. The average Bonchev–Trinajstić information content (AvgIpc) is 3.53. The predicted octanol–water partition coefficient (Wildman–Crippen LogP) is 3.71. The molecule has 0 fully saturated rings. The van der Waals surface area contributed by atoms with E-state index in [1.165, 1.54) is 12.3 Å². The molecule has 0 radical (unpaired) electrons. The highest BCUT2D eigenvalue weighted by Crippen LogP contribution is 2.27. The Kier molecular flexibility index (Phi) is 4.24. The molecule has 0 atom stereocenters. The predicted molar refractivity (Wildman–Crippen MR) is 130 cm³/mol. The monoisotopic (exact) mass is 449 g/mol. The van der Waals surface area contributed by atoms with Gasteiger partial charge in [-0.2, -0.15) is 5.10 Å². The Morgan fingerprint density at radius 2 is 1.82 bits per heavy atom. The molecule has 0 aliphatic heterocycles. The van der Waals surface area contributed by atoms with Crippen LogP contribution in [0.2, 0.25) is 0 Å². The van der Waals surface area contributed by atoms with E-state index in [1.807, 2.05) is 43.3 Å². The Morgan fingerprint density at radius 1 is 0.971 bits per heavy atom. The van der Waals surface area contributed by atoms with E-state index in [1.54, 1.807) is 23.0 Å². The van der Waals surface area contributed by atoms with E-state index in [-0.39, 0.29) is 17.2 Å². The first-order valence-electron chi connectivity index (χ1n) is 10.6. The van der Waals surface area contributed by atoms with Gasteiger partial charge in [-0.3, -0.25) is 9.59 Å². The summed E-state index contributed by atoms with van der Waals surface area (Å²) in [5.41, 5.74) is 12.0. The molecule has 0 saturated heterocycles. The Bertz CT molecular complexity index is 1760. The van der Waals surface area contributed by atoms with Crippen LogP contribution in [0.3, 0.4) is 0 Å². The zero-order valence-corrected chi connectivity index (χ0v) is 18.1. The van der Waals surface area contributed by atoms with Crippen LogP contribution in [0.15, 0.2) is 71.8 Å². The molecule has 166 valence electrons. The van der Waals surface area contributed by atoms with Gasteiger partial charge in [0.25, 0.3) is 0 Å². The van der Waals surface area contributed by atoms with Gasteiger partial charge in [0.2, 0.25) is 11.3 Å². The fourth-order valence-corrected chi connectivity index (χ4v) is 4.17. The fraction of sp³-hybridized carbons (Fsp3) is 0.0400. The first-order valence-corrected chi connectivity index (χ1v) is 10.6. The number of nitrogens with one attached hydrogen (secondary N) is 3. The lowest BCUT2D eigenvalue weighted by Gasteiger charge is -2.05. The van der Waals surface area contributed by atoms with Crippen LogP contribution in [0.5, 0.6) is 0 Å². The lowest BCUT2D eigenvalue weighted by Crippen LogP contribution is -2.07. The zero-order chi connectivity index (χ0) is 23.4. The molecule has 0 saturated carbocycles. The third-order valence-corrected chi connectivity index (χ3v) is 5.86. The van der Waals surface area contributed by atoms with Crippen LogP contribution in [-0.4, -0.2) is 35.5 Å². The lowest BCUT2D eigenvalue weighted by atomic mass is 10.1. The molecule has 9 nitrogen and oxygen atoms in total. The minimum atomic E-state index is -0.246. The van der Waals surface area contributed by atoms with Crippen LogP contribution in [0.1, 0.15) is 21.9 Å². The first-order chi connectivity index (χ1) is 16.5. The number of hydrogen-bond acceptors (Lipinski definition) is 5. The van der Waals surface area contributed by atoms with Gasteiger partial charge >= 0.3 is 0 Å². The molecule has 6 aromatic rings. The number of pyridine rings is 1. The van der Waals surface area contributed by atoms with Gasteiger partial charge in [-0.1, -0.05) is 6.07 Å². The molecule has 4 aromatic heterocycles. The number of nitrogens with zero attached hydrogens (tertiary/aromatic N) is 3. The van der Waals surface area contributed by atoms with Crippen LogP contribution >= 0.6 is 0 Å². The highest BCUT2D eigenvalue weighted by molar-refractivity contribution is 6.12. The van der Waals surface area contributed by atoms with Gasteiger partial charge in [-0.25, -0.2) is 9.67 Å². The maximum absolute atomic E-state index is 13.3. The summed E-state index contributed by atoms with van der Waals surface area (Å²) in [5, 5.41) is 5.23. The van der Waals surface area contributed by atoms with E-state index in [0.717, 1.165) is 44.6 Å².